The highest BCUT2D eigenvalue weighted by Crippen LogP contribution is 2.07. The predicted octanol–water partition coefficient (Wildman–Crippen LogP) is 2.94. The molecule has 0 heterocycles. The zero-order chi connectivity index (χ0) is 20.2. The molecule has 1 amide bonds. The first-order valence-electron chi connectivity index (χ1n) is 9.82. The Morgan fingerprint density at radius 1 is 1.14 bits per heavy atom. The molecular weight excluding hydrogens is 465 g/mol. The van der Waals surface area contributed by atoms with Crippen LogP contribution in [0.4, 0.5) is 0 Å². The normalized spacial score (nSPS) is 13.5. The quantitative estimate of drug-likeness (QED) is 0.293. The maximum atomic E-state index is 11.8. The highest BCUT2D eigenvalue weighted by molar-refractivity contribution is 14.0. The summed E-state index contributed by atoms with van der Waals surface area (Å²) in [6.07, 6.45) is 1.99. The molecule has 1 rings (SSSR count). The molecule has 2 atom stereocenters. The predicted molar refractivity (Wildman–Crippen MR) is 129 cm³/mol. The molecule has 2 N–H and O–H groups in total. The van der Waals surface area contributed by atoms with Gasteiger partial charge in [-0.3, -0.25) is 9.69 Å². The molecule has 1 aromatic rings. The third-order valence-electron chi connectivity index (χ3n) is 4.75. The second-order valence-corrected chi connectivity index (χ2v) is 7.37. The van der Waals surface area contributed by atoms with Crippen LogP contribution in [0.15, 0.2) is 35.3 Å². The average Bonchev–Trinajstić information content (AvgIpc) is 2.65. The molecule has 0 aliphatic carbocycles. The fraction of sp³-hybridized carbons (Fsp3) is 0.619. The summed E-state index contributed by atoms with van der Waals surface area (Å²) >= 11 is 0. The molecule has 0 aliphatic rings. The lowest BCUT2D eigenvalue weighted by atomic mass is 10.1. The Morgan fingerprint density at radius 2 is 1.79 bits per heavy atom. The van der Waals surface area contributed by atoms with Crippen LogP contribution in [0.2, 0.25) is 0 Å². The van der Waals surface area contributed by atoms with Gasteiger partial charge in [0, 0.05) is 39.3 Å². The van der Waals surface area contributed by atoms with Gasteiger partial charge in [-0.05, 0) is 39.3 Å². The summed E-state index contributed by atoms with van der Waals surface area (Å²) in [5.41, 5.74) is 1.32. The summed E-state index contributed by atoms with van der Waals surface area (Å²) in [7, 11) is 5.65. The van der Waals surface area contributed by atoms with Crippen molar-refractivity contribution in [2.24, 2.45) is 4.99 Å². The average molecular weight is 503 g/mol. The SMILES string of the molecule is CCC(C)NC(=NCC(=O)N(C)C)NCCC(C)N(C)Cc1ccccc1.I. The van der Waals surface area contributed by atoms with Crippen molar-refractivity contribution in [3.8, 4) is 0 Å². The van der Waals surface area contributed by atoms with Crippen LogP contribution < -0.4 is 10.6 Å². The first-order valence-corrected chi connectivity index (χ1v) is 9.82. The topological polar surface area (TPSA) is 60.0 Å². The molecule has 0 fully saturated rings. The molecule has 0 spiro atoms. The van der Waals surface area contributed by atoms with E-state index in [0.29, 0.717) is 18.0 Å². The van der Waals surface area contributed by atoms with E-state index in [2.05, 4.69) is 72.6 Å². The molecule has 160 valence electrons. The molecule has 6 nitrogen and oxygen atoms in total. The highest BCUT2D eigenvalue weighted by Gasteiger charge is 2.11. The largest absolute Gasteiger partial charge is 0.356 e. The van der Waals surface area contributed by atoms with Crippen LogP contribution in [0, 0.1) is 0 Å². The van der Waals surface area contributed by atoms with Gasteiger partial charge in [0.15, 0.2) is 5.96 Å². The number of rotatable bonds is 10. The smallest absolute Gasteiger partial charge is 0.243 e. The lowest BCUT2D eigenvalue weighted by Crippen LogP contribution is -2.44. The number of guanidine groups is 1. The summed E-state index contributed by atoms with van der Waals surface area (Å²) in [6.45, 7) is 8.37. The van der Waals surface area contributed by atoms with Gasteiger partial charge in [0.2, 0.25) is 5.91 Å². The molecule has 0 aromatic heterocycles. The van der Waals surface area contributed by atoms with E-state index in [1.807, 2.05) is 6.07 Å². The van der Waals surface area contributed by atoms with Crippen LogP contribution >= 0.6 is 24.0 Å². The van der Waals surface area contributed by atoms with Crippen molar-refractivity contribution in [2.75, 3.05) is 34.2 Å². The Balaban J connectivity index is 0.00000729. The minimum Gasteiger partial charge on any atom is -0.356 e. The molecule has 0 radical (unpaired) electrons. The van der Waals surface area contributed by atoms with Crippen LogP contribution in [0.1, 0.15) is 39.2 Å². The van der Waals surface area contributed by atoms with E-state index in [1.165, 1.54) is 5.56 Å². The van der Waals surface area contributed by atoms with Gasteiger partial charge in [0.05, 0.1) is 0 Å². The number of nitrogens with zero attached hydrogens (tertiary/aromatic N) is 3. The van der Waals surface area contributed by atoms with E-state index < -0.39 is 0 Å². The van der Waals surface area contributed by atoms with Gasteiger partial charge in [-0.2, -0.15) is 0 Å². The second-order valence-electron chi connectivity index (χ2n) is 7.37. The number of hydrogen-bond acceptors (Lipinski definition) is 3. The van der Waals surface area contributed by atoms with Crippen molar-refractivity contribution in [3.05, 3.63) is 35.9 Å². The summed E-state index contributed by atoms with van der Waals surface area (Å²) in [5.74, 6) is 0.702. The van der Waals surface area contributed by atoms with Crippen molar-refractivity contribution >= 4 is 35.8 Å². The van der Waals surface area contributed by atoms with Gasteiger partial charge in [-0.25, -0.2) is 4.99 Å². The van der Waals surface area contributed by atoms with Crippen molar-refractivity contribution < 1.29 is 4.79 Å². The standard InChI is InChI=1S/C21H37N5O.HI/c1-7-17(2)24-21(23-15-20(27)25(4)5)22-14-13-18(3)26(6)16-19-11-9-8-10-12-19;/h8-12,17-18H,7,13-16H2,1-6H3,(H2,22,23,24);1H. The van der Waals surface area contributed by atoms with Crippen LogP contribution in [0.5, 0.6) is 0 Å². The third kappa shape index (κ3) is 10.8. The van der Waals surface area contributed by atoms with Crippen LogP contribution in [-0.2, 0) is 11.3 Å². The molecular formula is C21H38IN5O. The van der Waals surface area contributed by atoms with E-state index in [9.17, 15) is 4.79 Å². The van der Waals surface area contributed by atoms with Gasteiger partial charge in [-0.15, -0.1) is 24.0 Å². The summed E-state index contributed by atoms with van der Waals surface area (Å²) in [6, 6.07) is 11.3. The number of carbonyl (C=O) groups is 1. The van der Waals surface area contributed by atoms with E-state index in [1.54, 1.807) is 19.0 Å². The molecule has 2 unspecified atom stereocenters. The Labute approximate surface area is 188 Å². The van der Waals surface area contributed by atoms with E-state index in [4.69, 9.17) is 0 Å². The molecule has 7 heteroatoms. The molecule has 28 heavy (non-hydrogen) atoms. The van der Waals surface area contributed by atoms with Crippen LogP contribution in [0.25, 0.3) is 0 Å². The number of aliphatic imine (C=N–C) groups is 1. The summed E-state index contributed by atoms with van der Waals surface area (Å²) < 4.78 is 0. The lowest BCUT2D eigenvalue weighted by Gasteiger charge is -2.25. The Kier molecular flexibility index (Phi) is 13.9. The van der Waals surface area contributed by atoms with Crippen molar-refractivity contribution in [1.29, 1.82) is 0 Å². The lowest BCUT2D eigenvalue weighted by molar-refractivity contribution is -0.127. The van der Waals surface area contributed by atoms with Gasteiger partial charge in [0.25, 0.3) is 0 Å². The molecule has 0 bridgehead atoms. The van der Waals surface area contributed by atoms with Crippen molar-refractivity contribution in [2.45, 2.75) is 52.2 Å². The number of carbonyl (C=O) groups excluding carboxylic acids is 1. The van der Waals surface area contributed by atoms with Crippen LogP contribution in [0.3, 0.4) is 0 Å². The van der Waals surface area contributed by atoms with E-state index >= 15 is 0 Å². The zero-order valence-corrected chi connectivity index (χ0v) is 20.6. The first-order chi connectivity index (χ1) is 12.8. The second kappa shape index (κ2) is 14.6. The number of amides is 1. The number of likely N-dealkylation sites (N-methyl/N-ethyl adjacent to an activating group) is 1. The minimum absolute atomic E-state index is 0. The van der Waals surface area contributed by atoms with Crippen LogP contribution in [-0.4, -0.2) is 68.0 Å². The molecule has 0 saturated carbocycles. The molecule has 0 saturated heterocycles. The molecule has 0 aliphatic heterocycles. The fourth-order valence-corrected chi connectivity index (χ4v) is 2.42. The number of nitrogens with one attached hydrogen (secondary N) is 2. The van der Waals surface area contributed by atoms with Crippen molar-refractivity contribution in [3.63, 3.8) is 0 Å². The van der Waals surface area contributed by atoms with E-state index in [0.717, 1.165) is 25.9 Å². The fourth-order valence-electron chi connectivity index (χ4n) is 2.42. The van der Waals surface area contributed by atoms with Gasteiger partial charge in [0.1, 0.15) is 6.54 Å². The summed E-state index contributed by atoms with van der Waals surface area (Å²) in [4.78, 5) is 20.1. The monoisotopic (exact) mass is 503 g/mol. The van der Waals surface area contributed by atoms with E-state index in [-0.39, 0.29) is 36.4 Å². The molecule has 1 aromatic carbocycles. The zero-order valence-electron chi connectivity index (χ0n) is 18.2. The number of hydrogen-bond donors (Lipinski definition) is 2. The van der Waals surface area contributed by atoms with Gasteiger partial charge >= 0.3 is 0 Å². The maximum absolute atomic E-state index is 11.8. The minimum atomic E-state index is -0.00351. The van der Waals surface area contributed by atoms with Gasteiger partial charge in [-0.1, -0.05) is 37.3 Å². The Hall–Kier alpha value is -1.35. The summed E-state index contributed by atoms with van der Waals surface area (Å²) in [5, 5.41) is 6.73. The Bertz CT molecular complexity index is 579. The maximum Gasteiger partial charge on any atom is 0.243 e. The van der Waals surface area contributed by atoms with Gasteiger partial charge < -0.3 is 15.5 Å². The first kappa shape index (κ1) is 26.6. The highest BCUT2D eigenvalue weighted by atomic mass is 127. The number of halogens is 1. The third-order valence-corrected chi connectivity index (χ3v) is 4.75. The Morgan fingerprint density at radius 3 is 2.36 bits per heavy atom. The number of benzene rings is 1. The van der Waals surface area contributed by atoms with Crippen molar-refractivity contribution in [1.82, 2.24) is 20.4 Å².